The van der Waals surface area contributed by atoms with Crippen LogP contribution >= 0.6 is 35.0 Å². The molecule has 0 aliphatic carbocycles. The lowest BCUT2D eigenvalue weighted by molar-refractivity contribution is -0.110. The molecule has 248 valence electrons. The molecule has 0 saturated carbocycles. The summed E-state index contributed by atoms with van der Waals surface area (Å²) < 4.78 is 0. The maximum absolute atomic E-state index is 14.3. The number of carbonyl (C=O) groups excluding carboxylic acids is 2. The van der Waals surface area contributed by atoms with Gasteiger partial charge in [-0.15, -0.1) is 0 Å². The lowest BCUT2D eigenvalue weighted by Gasteiger charge is -2.45. The Labute approximate surface area is 293 Å². The molecule has 2 amide bonds. The number of anilines is 4. The van der Waals surface area contributed by atoms with Crippen molar-refractivity contribution in [2.24, 2.45) is 0 Å². The number of halogens is 2. The van der Waals surface area contributed by atoms with Gasteiger partial charge in [-0.2, -0.15) is 0 Å². The van der Waals surface area contributed by atoms with Gasteiger partial charge in [-0.05, 0) is 74.7 Å². The number of para-hydroxylation sites is 3. The molecule has 48 heavy (non-hydrogen) atoms. The number of thioether (sulfide) groups is 1. The second kappa shape index (κ2) is 14.3. The molecule has 2 saturated heterocycles. The number of urea groups is 1. The molecule has 0 spiro atoms. The van der Waals surface area contributed by atoms with Crippen molar-refractivity contribution < 1.29 is 9.59 Å². The van der Waals surface area contributed by atoms with E-state index in [9.17, 15) is 14.4 Å². The van der Waals surface area contributed by atoms with Gasteiger partial charge < -0.3 is 15.2 Å². The topological polar surface area (TPSA) is 102 Å². The average molecular weight is 704 g/mol. The lowest BCUT2D eigenvalue weighted by atomic mass is 9.93. The molecule has 2 unspecified atom stereocenters. The molecule has 3 aromatic carbocycles. The van der Waals surface area contributed by atoms with Gasteiger partial charge in [0.15, 0.2) is 10.9 Å². The summed E-state index contributed by atoms with van der Waals surface area (Å²) in [4.78, 5) is 55.6. The van der Waals surface area contributed by atoms with E-state index in [-0.39, 0.29) is 41.0 Å². The zero-order valence-electron chi connectivity index (χ0n) is 26.3. The van der Waals surface area contributed by atoms with Crippen molar-refractivity contribution >= 4 is 69.0 Å². The highest BCUT2D eigenvalue weighted by molar-refractivity contribution is 8.12. The monoisotopic (exact) mass is 702 g/mol. The van der Waals surface area contributed by atoms with Gasteiger partial charge in [0.25, 0.3) is 5.56 Å². The maximum Gasteiger partial charge on any atom is 0.330 e. The number of aromatic amines is 1. The van der Waals surface area contributed by atoms with Crippen molar-refractivity contribution in [3.05, 3.63) is 110 Å². The van der Waals surface area contributed by atoms with Gasteiger partial charge in [0.2, 0.25) is 0 Å². The molecule has 4 aromatic rings. The fourth-order valence-corrected chi connectivity index (χ4v) is 8.30. The first kappa shape index (κ1) is 32.7. The first-order chi connectivity index (χ1) is 23.4. The molecule has 0 bridgehead atoms. The predicted molar refractivity (Wildman–Crippen MR) is 193 cm³/mol. The Kier molecular flexibility index (Phi) is 9.77. The van der Waals surface area contributed by atoms with Crippen LogP contribution in [0.4, 0.5) is 27.7 Å². The van der Waals surface area contributed by atoms with Gasteiger partial charge in [-0.25, -0.2) is 14.7 Å². The van der Waals surface area contributed by atoms with Crippen molar-refractivity contribution in [3.8, 4) is 0 Å². The van der Waals surface area contributed by atoms with Crippen LogP contribution in [-0.2, 0) is 17.0 Å². The van der Waals surface area contributed by atoms with Crippen molar-refractivity contribution in [2.75, 3.05) is 29.9 Å². The molecule has 4 heterocycles. The van der Waals surface area contributed by atoms with E-state index in [1.165, 1.54) is 0 Å². The Morgan fingerprint density at radius 2 is 1.60 bits per heavy atom. The summed E-state index contributed by atoms with van der Waals surface area (Å²) in [6.07, 6.45) is 5.17. The Bertz CT molecular complexity index is 1860. The van der Waals surface area contributed by atoms with E-state index < -0.39 is 0 Å². The SMILES string of the molecule is O=C(Cc1ccccc1Nc1c(Cl)cccc1Cl)SCc1nc2c(c(=O)[nH]1)C1C(N3CCCC3)CCCCN1C(=O)N2c1ccccc1. The molecular formula is C36H36Cl2N6O3S. The Morgan fingerprint density at radius 1 is 0.896 bits per heavy atom. The van der Waals surface area contributed by atoms with Crippen molar-refractivity contribution in [3.63, 3.8) is 0 Å². The number of likely N-dealkylation sites (tertiary alicyclic amines) is 1. The van der Waals surface area contributed by atoms with Gasteiger partial charge in [-0.3, -0.25) is 14.5 Å². The minimum atomic E-state index is -0.386. The third-order valence-electron chi connectivity index (χ3n) is 9.35. The van der Waals surface area contributed by atoms with Crippen molar-refractivity contribution in [2.45, 2.75) is 56.4 Å². The molecular weight excluding hydrogens is 667 g/mol. The Morgan fingerprint density at radius 3 is 2.38 bits per heavy atom. The van der Waals surface area contributed by atoms with E-state index in [2.05, 4.69) is 15.2 Å². The van der Waals surface area contributed by atoms with E-state index >= 15 is 0 Å². The number of hydrogen-bond acceptors (Lipinski definition) is 7. The van der Waals surface area contributed by atoms with Gasteiger partial charge in [0.1, 0.15) is 5.82 Å². The molecule has 3 aliphatic heterocycles. The number of amides is 2. The smallest absolute Gasteiger partial charge is 0.330 e. The number of carbonyl (C=O) groups is 2. The highest BCUT2D eigenvalue weighted by Gasteiger charge is 2.47. The molecule has 7 rings (SSSR count). The van der Waals surface area contributed by atoms with Gasteiger partial charge in [-0.1, -0.05) is 83.8 Å². The molecule has 1 aromatic heterocycles. The van der Waals surface area contributed by atoms with Gasteiger partial charge in [0.05, 0.1) is 38.8 Å². The standard InChI is InChI=1S/C36H36Cl2N6O3S/c37-25-14-10-15-26(38)32(25)39-27-16-5-4-11-23(27)21-30(45)48-22-29-40-34-31(35(46)41-29)33-28(42-18-8-9-19-42)17-6-7-20-43(33)36(47)44(34)24-12-2-1-3-13-24/h1-5,10-16,28,33,39H,6-9,17-22H2,(H,40,41,46). The molecule has 9 nitrogen and oxygen atoms in total. The molecule has 0 radical (unpaired) electrons. The summed E-state index contributed by atoms with van der Waals surface area (Å²) in [5.41, 5.74) is 2.99. The van der Waals surface area contributed by atoms with Crippen molar-refractivity contribution in [1.82, 2.24) is 19.8 Å². The van der Waals surface area contributed by atoms with Crippen LogP contribution in [0.1, 0.15) is 55.1 Å². The number of nitrogens with one attached hydrogen (secondary N) is 2. The molecule has 12 heteroatoms. The second-order valence-corrected chi connectivity index (χ2v) is 14.2. The number of benzene rings is 3. The van der Waals surface area contributed by atoms with Crippen LogP contribution in [0.3, 0.4) is 0 Å². The normalized spacial score (nSPS) is 19.5. The Hall–Kier alpha value is -3.83. The van der Waals surface area contributed by atoms with E-state index in [0.717, 1.165) is 68.2 Å². The number of fused-ring (bicyclic) bond motifs is 3. The zero-order valence-corrected chi connectivity index (χ0v) is 28.7. The highest BCUT2D eigenvalue weighted by Crippen LogP contribution is 2.44. The lowest BCUT2D eigenvalue weighted by Crippen LogP contribution is -2.55. The first-order valence-electron chi connectivity index (χ1n) is 16.4. The highest BCUT2D eigenvalue weighted by atomic mass is 35.5. The van der Waals surface area contributed by atoms with Gasteiger partial charge >= 0.3 is 6.03 Å². The van der Waals surface area contributed by atoms with Crippen LogP contribution in [-0.4, -0.2) is 56.6 Å². The average Bonchev–Trinajstić information content (AvgIpc) is 3.53. The van der Waals surface area contributed by atoms with E-state index in [4.69, 9.17) is 28.2 Å². The minimum absolute atomic E-state index is 0.0506. The summed E-state index contributed by atoms with van der Waals surface area (Å²) in [7, 11) is 0. The summed E-state index contributed by atoms with van der Waals surface area (Å²) in [5.74, 6) is 0.852. The largest absolute Gasteiger partial charge is 0.353 e. The van der Waals surface area contributed by atoms with E-state index in [1.54, 1.807) is 23.1 Å². The second-order valence-electron chi connectivity index (χ2n) is 12.4. The zero-order chi connectivity index (χ0) is 33.2. The van der Waals surface area contributed by atoms with Gasteiger partial charge in [0, 0.05) is 24.7 Å². The molecule has 2 N–H and O–H groups in total. The third kappa shape index (κ3) is 6.59. The summed E-state index contributed by atoms with van der Waals surface area (Å²) in [6, 6.07) is 21.6. The van der Waals surface area contributed by atoms with Crippen LogP contribution in [0.25, 0.3) is 0 Å². The quantitative estimate of drug-likeness (QED) is 0.191. The Balaban J connectivity index is 1.17. The van der Waals surface area contributed by atoms with E-state index in [0.29, 0.717) is 45.2 Å². The van der Waals surface area contributed by atoms with Crippen LogP contribution in [0, 0.1) is 0 Å². The predicted octanol–water partition coefficient (Wildman–Crippen LogP) is 8.09. The summed E-state index contributed by atoms with van der Waals surface area (Å²) in [5, 5.41) is 4.12. The molecule has 2 atom stereocenters. The number of H-pyrrole nitrogens is 1. The van der Waals surface area contributed by atoms with Crippen LogP contribution in [0.2, 0.25) is 10.0 Å². The van der Waals surface area contributed by atoms with E-state index in [1.807, 2.05) is 59.5 Å². The maximum atomic E-state index is 14.3. The van der Waals surface area contributed by atoms with Crippen LogP contribution in [0.5, 0.6) is 0 Å². The molecule has 3 aliphatic rings. The number of rotatable bonds is 8. The van der Waals surface area contributed by atoms with Crippen molar-refractivity contribution in [1.29, 1.82) is 0 Å². The summed E-state index contributed by atoms with van der Waals surface area (Å²) in [6.45, 7) is 2.52. The fourth-order valence-electron chi connectivity index (χ4n) is 7.11. The molecule has 2 fully saturated rings. The number of aromatic nitrogens is 2. The summed E-state index contributed by atoms with van der Waals surface area (Å²) >= 11 is 13.8. The number of nitrogens with zero attached hydrogens (tertiary/aromatic N) is 4. The third-order valence-corrected chi connectivity index (χ3v) is 10.9. The number of hydrogen-bond donors (Lipinski definition) is 2. The minimum Gasteiger partial charge on any atom is -0.353 e. The fraction of sp³-hybridized carbons (Fsp3) is 0.333. The van der Waals surface area contributed by atoms with Crippen LogP contribution in [0.15, 0.2) is 77.6 Å². The first-order valence-corrected chi connectivity index (χ1v) is 18.1. The van der Waals surface area contributed by atoms with Crippen LogP contribution < -0.4 is 15.8 Å².